The van der Waals surface area contributed by atoms with Crippen molar-refractivity contribution < 1.29 is 23.8 Å². The first-order chi connectivity index (χ1) is 33.6. The first kappa shape index (κ1) is 65.3. The predicted molar refractivity (Wildman–Crippen MR) is 297 cm³/mol. The molecule has 394 valence electrons. The van der Waals surface area contributed by atoms with Gasteiger partial charge in [-0.05, 0) is 89.9 Å². The molecule has 0 aliphatic carbocycles. The van der Waals surface area contributed by atoms with E-state index in [0.29, 0.717) is 19.4 Å². The van der Waals surface area contributed by atoms with E-state index in [1.165, 1.54) is 173 Å². The highest BCUT2D eigenvalue weighted by Gasteiger charge is 2.17. The molecule has 0 rings (SSSR count). The van der Waals surface area contributed by atoms with Gasteiger partial charge < -0.3 is 14.2 Å². The van der Waals surface area contributed by atoms with E-state index < -0.39 is 6.10 Å². The Bertz CT molecular complexity index is 1210. The molecule has 0 aromatic rings. The molecule has 0 aliphatic rings. The van der Waals surface area contributed by atoms with Crippen molar-refractivity contribution in [2.24, 2.45) is 0 Å². The minimum Gasteiger partial charge on any atom is -0.462 e. The van der Waals surface area contributed by atoms with Crippen molar-refractivity contribution in [1.29, 1.82) is 0 Å². The van der Waals surface area contributed by atoms with Gasteiger partial charge in [0, 0.05) is 19.4 Å². The number of hydrogen-bond donors (Lipinski definition) is 0. The lowest BCUT2D eigenvalue weighted by Crippen LogP contribution is -2.30. The van der Waals surface area contributed by atoms with Crippen LogP contribution in [0, 0.1) is 0 Å². The van der Waals surface area contributed by atoms with Crippen molar-refractivity contribution >= 4 is 11.9 Å². The van der Waals surface area contributed by atoms with E-state index in [4.69, 9.17) is 14.2 Å². The molecule has 1 unspecified atom stereocenters. The van der Waals surface area contributed by atoms with Gasteiger partial charge in [0.05, 0.1) is 6.61 Å². The molecule has 1 atom stereocenters. The molecule has 0 saturated carbocycles. The van der Waals surface area contributed by atoms with Crippen LogP contribution in [0.25, 0.3) is 0 Å². The molecule has 0 aromatic carbocycles. The summed E-state index contributed by atoms with van der Waals surface area (Å²) in [6.07, 6.45) is 76.5. The maximum absolute atomic E-state index is 12.8. The van der Waals surface area contributed by atoms with Gasteiger partial charge >= 0.3 is 11.9 Å². The zero-order valence-electron chi connectivity index (χ0n) is 45.4. The van der Waals surface area contributed by atoms with Gasteiger partial charge in [0.15, 0.2) is 6.10 Å². The highest BCUT2D eigenvalue weighted by Crippen LogP contribution is 2.16. The summed E-state index contributed by atoms with van der Waals surface area (Å²) in [5, 5.41) is 0. The summed E-state index contributed by atoms with van der Waals surface area (Å²) in [7, 11) is 0. The van der Waals surface area contributed by atoms with E-state index in [-0.39, 0.29) is 25.2 Å². The summed E-state index contributed by atoms with van der Waals surface area (Å²) < 4.78 is 17.5. The quantitative estimate of drug-likeness (QED) is 0.0345. The third-order valence-corrected chi connectivity index (χ3v) is 12.7. The topological polar surface area (TPSA) is 61.8 Å². The molecule has 0 aromatic heterocycles. The number of ether oxygens (including phenoxy) is 3. The number of esters is 2. The summed E-state index contributed by atoms with van der Waals surface area (Å²) >= 11 is 0. The molecule has 5 heteroatoms. The minimum absolute atomic E-state index is 0.0700. The van der Waals surface area contributed by atoms with Crippen LogP contribution in [0.2, 0.25) is 0 Å². The lowest BCUT2D eigenvalue weighted by molar-refractivity contribution is -0.163. The second-order valence-corrected chi connectivity index (χ2v) is 19.5. The Balaban J connectivity index is 4.26. The van der Waals surface area contributed by atoms with Crippen LogP contribution < -0.4 is 0 Å². The first-order valence-corrected chi connectivity index (χ1v) is 29.5. The van der Waals surface area contributed by atoms with Crippen LogP contribution in [0.1, 0.15) is 290 Å². The third-order valence-electron chi connectivity index (χ3n) is 12.7. The van der Waals surface area contributed by atoms with Gasteiger partial charge in [-0.15, -0.1) is 0 Å². The van der Waals surface area contributed by atoms with Crippen LogP contribution in [-0.4, -0.2) is 37.9 Å². The number of carbonyl (C=O) groups excluding carboxylic acids is 2. The summed E-state index contributed by atoms with van der Waals surface area (Å²) in [5.41, 5.74) is 0. The van der Waals surface area contributed by atoms with E-state index in [0.717, 1.165) is 83.5 Å². The van der Waals surface area contributed by atoms with E-state index in [1.54, 1.807) is 0 Å². The summed E-state index contributed by atoms with van der Waals surface area (Å²) in [5.74, 6) is -0.426. The average Bonchev–Trinajstić information content (AvgIpc) is 3.34. The molecular weight excluding hydrogens is 837 g/mol. The van der Waals surface area contributed by atoms with E-state index >= 15 is 0 Å². The number of allylic oxidation sites excluding steroid dienone is 12. The largest absolute Gasteiger partial charge is 0.462 e. The highest BCUT2D eigenvalue weighted by atomic mass is 16.6. The summed E-state index contributed by atoms with van der Waals surface area (Å²) in [6.45, 7) is 7.67. The summed E-state index contributed by atoms with van der Waals surface area (Å²) in [6, 6.07) is 0. The van der Waals surface area contributed by atoms with Crippen LogP contribution >= 0.6 is 0 Å². The van der Waals surface area contributed by atoms with Crippen LogP contribution in [0.4, 0.5) is 0 Å². The first-order valence-electron chi connectivity index (χ1n) is 29.5. The zero-order valence-corrected chi connectivity index (χ0v) is 45.4. The third kappa shape index (κ3) is 55.9. The fourth-order valence-corrected chi connectivity index (χ4v) is 8.36. The summed E-state index contributed by atoms with van der Waals surface area (Å²) in [4.78, 5) is 25.5. The average molecular weight is 950 g/mol. The Morgan fingerprint density at radius 1 is 0.338 bits per heavy atom. The lowest BCUT2D eigenvalue weighted by atomic mass is 10.0. The predicted octanol–water partition coefficient (Wildman–Crippen LogP) is 20.2. The molecule has 0 fully saturated rings. The Labute approximate surface area is 423 Å². The molecule has 0 amide bonds. The highest BCUT2D eigenvalue weighted by molar-refractivity contribution is 5.70. The number of rotatable bonds is 54. The molecule has 0 bridgehead atoms. The Morgan fingerprint density at radius 2 is 0.662 bits per heavy atom. The lowest BCUT2D eigenvalue weighted by Gasteiger charge is -2.18. The monoisotopic (exact) mass is 949 g/mol. The SMILES string of the molecule is CC/C=C\C/C=C\C/C=C\CCCCCC(=O)OC(COCCCCCCCCC/C=C\C/C=C\C/C=C\CCCCC)COC(=O)CCCCCCCCCCCCCCCCCCCCC. The van der Waals surface area contributed by atoms with Crippen molar-refractivity contribution in [2.45, 2.75) is 297 Å². The molecule has 0 aliphatic heterocycles. The molecule has 0 saturated heterocycles. The van der Waals surface area contributed by atoms with Crippen molar-refractivity contribution in [2.75, 3.05) is 19.8 Å². The minimum atomic E-state index is -0.558. The molecule has 0 spiro atoms. The van der Waals surface area contributed by atoms with Gasteiger partial charge in [0.2, 0.25) is 0 Å². The van der Waals surface area contributed by atoms with Gasteiger partial charge in [0.1, 0.15) is 6.61 Å². The van der Waals surface area contributed by atoms with Gasteiger partial charge in [-0.1, -0.05) is 261 Å². The second kappa shape index (κ2) is 58.7. The molecule has 5 nitrogen and oxygen atoms in total. The number of unbranched alkanes of at least 4 members (excludes halogenated alkanes) is 31. The van der Waals surface area contributed by atoms with Crippen molar-refractivity contribution in [3.05, 3.63) is 72.9 Å². The van der Waals surface area contributed by atoms with E-state index in [2.05, 4.69) is 93.7 Å². The van der Waals surface area contributed by atoms with Crippen LogP contribution in [0.15, 0.2) is 72.9 Å². The molecule has 0 radical (unpaired) electrons. The molecule has 0 heterocycles. The fraction of sp³-hybridized carbons (Fsp3) is 0.778. The van der Waals surface area contributed by atoms with Crippen LogP contribution in [0.3, 0.4) is 0 Å². The Hall–Kier alpha value is -2.66. The van der Waals surface area contributed by atoms with E-state index in [9.17, 15) is 9.59 Å². The molecule has 0 N–H and O–H groups in total. The maximum atomic E-state index is 12.8. The normalized spacial score (nSPS) is 12.7. The standard InChI is InChI=1S/C63H112O5/c1-4-7-10-13-16-19-22-25-27-29-31-33-35-37-40-43-46-49-52-55-58-66-59-61(68-63(65)57-54-51-48-45-42-38-24-21-18-15-12-9-6-3)60-67-62(64)56-53-50-47-44-41-39-36-34-32-30-28-26-23-20-17-14-11-8-5-2/h9,12,16,18-19,21,25,27,31,33,38,42,61H,4-8,10-11,13-15,17,20,22-24,26,28-30,32,34-37,39-41,43-60H2,1-3H3/b12-9-,19-16-,21-18-,27-25-,33-31-,42-38-. The number of hydrogen-bond acceptors (Lipinski definition) is 5. The van der Waals surface area contributed by atoms with E-state index in [1.807, 2.05) is 0 Å². The fourth-order valence-electron chi connectivity index (χ4n) is 8.36. The molecule has 68 heavy (non-hydrogen) atoms. The van der Waals surface area contributed by atoms with Crippen molar-refractivity contribution in [1.82, 2.24) is 0 Å². The maximum Gasteiger partial charge on any atom is 0.306 e. The van der Waals surface area contributed by atoms with Crippen LogP contribution in [-0.2, 0) is 23.8 Å². The Kier molecular flexibility index (Phi) is 56.4. The Morgan fingerprint density at radius 3 is 1.10 bits per heavy atom. The van der Waals surface area contributed by atoms with Crippen LogP contribution in [0.5, 0.6) is 0 Å². The molecular formula is C63H112O5. The van der Waals surface area contributed by atoms with Gasteiger partial charge in [-0.3, -0.25) is 9.59 Å². The van der Waals surface area contributed by atoms with Crippen molar-refractivity contribution in [3.63, 3.8) is 0 Å². The smallest absolute Gasteiger partial charge is 0.306 e. The van der Waals surface area contributed by atoms with Gasteiger partial charge in [-0.25, -0.2) is 0 Å². The zero-order chi connectivity index (χ0) is 49.2. The van der Waals surface area contributed by atoms with Gasteiger partial charge in [-0.2, -0.15) is 0 Å². The second-order valence-electron chi connectivity index (χ2n) is 19.5. The van der Waals surface area contributed by atoms with Gasteiger partial charge in [0.25, 0.3) is 0 Å². The van der Waals surface area contributed by atoms with Crippen molar-refractivity contribution in [3.8, 4) is 0 Å². The number of carbonyl (C=O) groups is 2.